The second-order valence-corrected chi connectivity index (χ2v) is 5.20. The lowest BCUT2D eigenvalue weighted by Gasteiger charge is -2.20. The van der Waals surface area contributed by atoms with Crippen LogP contribution in [0.5, 0.6) is 5.75 Å². The molecule has 2 nitrogen and oxygen atoms in total. The van der Waals surface area contributed by atoms with Crippen molar-refractivity contribution < 1.29 is 9.13 Å². The van der Waals surface area contributed by atoms with Gasteiger partial charge >= 0.3 is 0 Å². The van der Waals surface area contributed by atoms with Crippen LogP contribution in [-0.2, 0) is 0 Å². The molecule has 0 aliphatic heterocycles. The normalized spacial score (nSPS) is 12.3. The highest BCUT2D eigenvalue weighted by atomic mass is 35.5. The van der Waals surface area contributed by atoms with Gasteiger partial charge in [-0.1, -0.05) is 29.8 Å². The van der Waals surface area contributed by atoms with Crippen molar-refractivity contribution in [2.45, 2.75) is 19.9 Å². The molecule has 0 aliphatic carbocycles. The van der Waals surface area contributed by atoms with Crippen LogP contribution in [0.4, 0.5) is 4.39 Å². The Bertz CT molecular complexity index is 643. The summed E-state index contributed by atoms with van der Waals surface area (Å²) in [5.74, 6) is 0.221. The topological polar surface area (TPSA) is 35.2 Å². The molecule has 0 aliphatic rings. The molecule has 4 heteroatoms. The molecule has 0 fully saturated rings. The summed E-state index contributed by atoms with van der Waals surface area (Å²) in [6, 6.07) is 8.05. The van der Waals surface area contributed by atoms with Crippen LogP contribution in [0.1, 0.15) is 28.3 Å². The van der Waals surface area contributed by atoms with Crippen molar-refractivity contribution in [1.29, 1.82) is 0 Å². The van der Waals surface area contributed by atoms with Gasteiger partial charge in [-0.15, -0.1) is 0 Å². The highest BCUT2D eigenvalue weighted by molar-refractivity contribution is 6.31. The predicted octanol–water partition coefficient (Wildman–Crippen LogP) is 4.15. The van der Waals surface area contributed by atoms with E-state index >= 15 is 0 Å². The summed E-state index contributed by atoms with van der Waals surface area (Å²) in [5.41, 5.74) is 9.74. The summed E-state index contributed by atoms with van der Waals surface area (Å²) < 4.78 is 19.0. The lowest BCUT2D eigenvalue weighted by molar-refractivity contribution is 0.407. The molecule has 0 radical (unpaired) electrons. The van der Waals surface area contributed by atoms with Crippen molar-refractivity contribution >= 4 is 11.6 Å². The van der Waals surface area contributed by atoms with E-state index in [2.05, 4.69) is 0 Å². The van der Waals surface area contributed by atoms with Crippen LogP contribution in [0.15, 0.2) is 30.3 Å². The second kappa shape index (κ2) is 5.81. The fourth-order valence-corrected chi connectivity index (χ4v) is 2.67. The smallest absolute Gasteiger partial charge is 0.142 e. The number of hydrogen-bond donors (Lipinski definition) is 1. The van der Waals surface area contributed by atoms with Gasteiger partial charge in [-0.05, 0) is 42.7 Å². The van der Waals surface area contributed by atoms with Crippen LogP contribution >= 0.6 is 11.6 Å². The minimum atomic E-state index is -0.534. The summed E-state index contributed by atoms with van der Waals surface area (Å²) in [7, 11) is 1.59. The van der Waals surface area contributed by atoms with Crippen molar-refractivity contribution in [3.63, 3.8) is 0 Å². The molecule has 0 spiro atoms. The highest BCUT2D eigenvalue weighted by Gasteiger charge is 2.20. The van der Waals surface area contributed by atoms with Gasteiger partial charge in [0, 0.05) is 5.56 Å². The van der Waals surface area contributed by atoms with Crippen LogP contribution in [0.2, 0.25) is 5.02 Å². The maximum absolute atomic E-state index is 13.6. The van der Waals surface area contributed by atoms with E-state index < -0.39 is 11.9 Å². The molecule has 2 aromatic carbocycles. The zero-order valence-corrected chi connectivity index (χ0v) is 12.5. The third-order valence-electron chi connectivity index (χ3n) is 3.34. The third kappa shape index (κ3) is 2.65. The maximum Gasteiger partial charge on any atom is 0.142 e. The maximum atomic E-state index is 13.6. The average molecular weight is 294 g/mol. The Morgan fingerprint density at radius 1 is 1.25 bits per heavy atom. The number of methoxy groups -OCH3 is 1. The van der Waals surface area contributed by atoms with Crippen LogP contribution in [0.3, 0.4) is 0 Å². The fraction of sp³-hybridized carbons (Fsp3) is 0.250. The molecule has 0 bridgehead atoms. The van der Waals surface area contributed by atoms with E-state index in [9.17, 15) is 4.39 Å². The molecular weight excluding hydrogens is 277 g/mol. The van der Waals surface area contributed by atoms with Crippen molar-refractivity contribution in [2.75, 3.05) is 7.11 Å². The molecule has 0 aromatic heterocycles. The molecular formula is C16H17ClFNO. The van der Waals surface area contributed by atoms with E-state index in [1.807, 2.05) is 26.0 Å². The first-order valence-electron chi connectivity index (χ1n) is 6.30. The lowest BCUT2D eigenvalue weighted by Crippen LogP contribution is -2.15. The summed E-state index contributed by atoms with van der Waals surface area (Å²) >= 11 is 6.02. The molecule has 106 valence electrons. The van der Waals surface area contributed by atoms with E-state index in [1.54, 1.807) is 19.2 Å². The molecule has 20 heavy (non-hydrogen) atoms. The molecule has 1 unspecified atom stereocenters. The second-order valence-electron chi connectivity index (χ2n) is 4.82. The van der Waals surface area contributed by atoms with E-state index in [0.29, 0.717) is 11.3 Å². The Morgan fingerprint density at radius 3 is 2.60 bits per heavy atom. The van der Waals surface area contributed by atoms with Crippen molar-refractivity contribution in [1.82, 2.24) is 0 Å². The first kappa shape index (κ1) is 14.8. The van der Waals surface area contributed by atoms with Gasteiger partial charge in [0.05, 0.1) is 18.2 Å². The average Bonchev–Trinajstić information content (AvgIpc) is 2.40. The van der Waals surface area contributed by atoms with Gasteiger partial charge < -0.3 is 10.5 Å². The summed E-state index contributed by atoms with van der Waals surface area (Å²) in [6.07, 6.45) is 0. The number of benzene rings is 2. The Morgan fingerprint density at radius 2 is 1.95 bits per heavy atom. The molecule has 2 aromatic rings. The Balaban J connectivity index is 2.59. The highest BCUT2D eigenvalue weighted by Crippen LogP contribution is 2.35. The van der Waals surface area contributed by atoms with E-state index in [1.165, 1.54) is 6.07 Å². The minimum absolute atomic E-state index is 0.0574. The molecule has 1 atom stereocenters. The zero-order chi connectivity index (χ0) is 14.9. The molecule has 0 heterocycles. The van der Waals surface area contributed by atoms with Crippen LogP contribution in [-0.4, -0.2) is 7.11 Å². The SMILES string of the molecule is COc1cc(C)cc(C)c1C(N)c1cccc(F)c1Cl. The van der Waals surface area contributed by atoms with Crippen LogP contribution < -0.4 is 10.5 Å². The van der Waals surface area contributed by atoms with Gasteiger partial charge in [-0.3, -0.25) is 0 Å². The fourth-order valence-electron chi connectivity index (χ4n) is 2.42. The number of halogens is 2. The summed E-state index contributed by atoms with van der Waals surface area (Å²) in [4.78, 5) is 0. The first-order valence-corrected chi connectivity index (χ1v) is 6.68. The standard InChI is InChI=1S/C16H17ClFNO/c1-9-7-10(2)14(13(8-9)20-3)16(19)11-5-4-6-12(18)15(11)17/h4-8,16H,19H2,1-3H3. The number of aryl methyl sites for hydroxylation is 2. The quantitative estimate of drug-likeness (QED) is 0.922. The number of nitrogens with two attached hydrogens (primary N) is 1. The zero-order valence-electron chi connectivity index (χ0n) is 11.7. The van der Waals surface area contributed by atoms with E-state index in [0.717, 1.165) is 16.7 Å². The van der Waals surface area contributed by atoms with Crippen molar-refractivity contribution in [3.8, 4) is 5.75 Å². The molecule has 0 saturated heterocycles. The number of ether oxygens (including phenoxy) is 1. The van der Waals surface area contributed by atoms with Gasteiger partial charge in [-0.25, -0.2) is 4.39 Å². The van der Waals surface area contributed by atoms with Gasteiger partial charge in [0.1, 0.15) is 11.6 Å². The molecule has 2 rings (SSSR count). The van der Waals surface area contributed by atoms with Gasteiger partial charge in [0.2, 0.25) is 0 Å². The number of hydrogen-bond acceptors (Lipinski definition) is 2. The Hall–Kier alpha value is -1.58. The molecule has 0 saturated carbocycles. The Kier molecular flexibility index (Phi) is 4.31. The van der Waals surface area contributed by atoms with Crippen LogP contribution in [0.25, 0.3) is 0 Å². The minimum Gasteiger partial charge on any atom is -0.496 e. The van der Waals surface area contributed by atoms with Crippen molar-refractivity contribution in [2.24, 2.45) is 5.73 Å². The third-order valence-corrected chi connectivity index (χ3v) is 3.74. The van der Waals surface area contributed by atoms with Gasteiger partial charge in [-0.2, -0.15) is 0 Å². The van der Waals surface area contributed by atoms with Crippen LogP contribution in [0, 0.1) is 19.7 Å². The summed E-state index contributed by atoms with van der Waals surface area (Å²) in [5, 5.41) is 0.0574. The lowest BCUT2D eigenvalue weighted by atomic mass is 9.93. The Labute approximate surface area is 123 Å². The van der Waals surface area contributed by atoms with Gasteiger partial charge in [0.15, 0.2) is 0 Å². The molecule has 0 amide bonds. The van der Waals surface area contributed by atoms with Crippen molar-refractivity contribution in [3.05, 3.63) is 63.4 Å². The van der Waals surface area contributed by atoms with E-state index in [4.69, 9.17) is 22.1 Å². The van der Waals surface area contributed by atoms with Gasteiger partial charge in [0.25, 0.3) is 0 Å². The monoisotopic (exact) mass is 293 g/mol. The number of rotatable bonds is 3. The summed E-state index contributed by atoms with van der Waals surface area (Å²) in [6.45, 7) is 3.94. The predicted molar refractivity (Wildman–Crippen MR) is 79.9 cm³/mol. The largest absolute Gasteiger partial charge is 0.496 e. The van der Waals surface area contributed by atoms with E-state index in [-0.39, 0.29) is 5.02 Å². The molecule has 2 N–H and O–H groups in total. The first-order chi connectivity index (χ1) is 9.45.